The molecule has 34 heavy (non-hydrogen) atoms. The number of nitrogens with one attached hydrogen (secondary N) is 2. The fourth-order valence-electron chi connectivity index (χ4n) is 3.46. The standard InChI is InChI=1S/C19H28N4O11/c1-7(24)21-13-10(22-18(20)23-19(30)33-9(3)32-8(2)25)6-12(17(28)29)34-15(13)16-14(27)11(26)4-5-31-16/h6,9-11,13-16,26-27H,4-5H2,1-3H3,(H,21,24)(H,28,29)(H3,20,22,23,30)/t9?,10-,11+,13+,14+,15+,16+/m0/s1. The van der Waals surface area contributed by atoms with Gasteiger partial charge in [-0.1, -0.05) is 0 Å². The normalized spacial score (nSPS) is 30.1. The van der Waals surface area contributed by atoms with Crippen LogP contribution in [0.5, 0.6) is 0 Å². The zero-order chi connectivity index (χ0) is 25.6. The molecule has 0 aromatic heterocycles. The molecule has 190 valence electrons. The zero-order valence-corrected chi connectivity index (χ0v) is 18.7. The molecule has 0 aliphatic carbocycles. The molecular formula is C19H28N4O11. The molecule has 2 rings (SSSR count). The number of guanidine groups is 1. The second-order valence-electron chi connectivity index (χ2n) is 7.54. The highest BCUT2D eigenvalue weighted by atomic mass is 16.7. The highest BCUT2D eigenvalue weighted by molar-refractivity contribution is 5.93. The van der Waals surface area contributed by atoms with Crippen LogP contribution in [0.1, 0.15) is 27.2 Å². The predicted octanol–water partition coefficient (Wildman–Crippen LogP) is -2.31. The first-order valence-corrected chi connectivity index (χ1v) is 10.2. The number of esters is 1. The van der Waals surface area contributed by atoms with E-state index in [0.29, 0.717) is 0 Å². The van der Waals surface area contributed by atoms with Crippen LogP contribution in [0.3, 0.4) is 0 Å². The molecule has 2 amide bonds. The van der Waals surface area contributed by atoms with Crippen molar-refractivity contribution in [3.63, 3.8) is 0 Å². The Balaban J connectivity index is 2.31. The number of aliphatic hydroxyl groups excluding tert-OH is 2. The Morgan fingerprint density at radius 1 is 1.21 bits per heavy atom. The topological polar surface area (TPSA) is 228 Å². The highest BCUT2D eigenvalue weighted by Crippen LogP contribution is 2.29. The number of hydrogen-bond donors (Lipinski definition) is 6. The lowest BCUT2D eigenvalue weighted by atomic mass is 9.88. The number of alkyl carbamates (subject to hydrolysis) is 1. The molecule has 0 aromatic carbocycles. The first kappa shape index (κ1) is 26.8. The Labute approximate surface area is 193 Å². The first-order valence-electron chi connectivity index (χ1n) is 10.2. The van der Waals surface area contributed by atoms with Crippen molar-refractivity contribution in [2.45, 2.75) is 70.0 Å². The monoisotopic (exact) mass is 488 g/mol. The molecule has 1 saturated heterocycles. The van der Waals surface area contributed by atoms with Gasteiger partial charge in [0.15, 0.2) is 12.1 Å². The quantitative estimate of drug-likeness (QED) is 0.100. The second kappa shape index (κ2) is 11.6. The number of carbonyl (C=O) groups excluding carboxylic acids is 3. The molecule has 0 bridgehead atoms. The van der Waals surface area contributed by atoms with Gasteiger partial charge in [0.05, 0.1) is 18.2 Å². The second-order valence-corrected chi connectivity index (χ2v) is 7.54. The van der Waals surface area contributed by atoms with E-state index in [4.69, 9.17) is 19.9 Å². The van der Waals surface area contributed by atoms with Gasteiger partial charge in [-0.3, -0.25) is 14.9 Å². The van der Waals surface area contributed by atoms with Crippen LogP contribution in [0.2, 0.25) is 0 Å². The summed E-state index contributed by atoms with van der Waals surface area (Å²) in [4.78, 5) is 50.4. The van der Waals surface area contributed by atoms with Crippen molar-refractivity contribution in [1.29, 1.82) is 0 Å². The van der Waals surface area contributed by atoms with Crippen molar-refractivity contribution in [2.75, 3.05) is 6.61 Å². The number of nitrogens with two attached hydrogens (primary N) is 1. The fourth-order valence-corrected chi connectivity index (χ4v) is 3.46. The van der Waals surface area contributed by atoms with E-state index in [0.717, 1.165) is 13.0 Å². The number of rotatable bonds is 6. The number of hydrogen-bond acceptors (Lipinski definition) is 11. The molecule has 1 fully saturated rings. The Bertz CT molecular complexity index is 861. The minimum Gasteiger partial charge on any atom is -0.478 e. The van der Waals surface area contributed by atoms with Crippen LogP contribution in [-0.4, -0.2) is 94.6 Å². The average molecular weight is 488 g/mol. The number of aliphatic imine (C=N–C) groups is 1. The molecular weight excluding hydrogens is 460 g/mol. The third kappa shape index (κ3) is 7.29. The van der Waals surface area contributed by atoms with Crippen LogP contribution in [0.4, 0.5) is 4.79 Å². The summed E-state index contributed by atoms with van der Waals surface area (Å²) in [5, 5.41) is 34.5. The van der Waals surface area contributed by atoms with Crippen molar-refractivity contribution in [1.82, 2.24) is 10.6 Å². The van der Waals surface area contributed by atoms with Crippen molar-refractivity contribution < 1.29 is 53.4 Å². The molecule has 0 radical (unpaired) electrons. The maximum atomic E-state index is 11.9. The lowest BCUT2D eigenvalue weighted by Gasteiger charge is -2.43. The summed E-state index contributed by atoms with van der Waals surface area (Å²) >= 11 is 0. The molecule has 7 atom stereocenters. The van der Waals surface area contributed by atoms with Crippen molar-refractivity contribution >= 4 is 29.9 Å². The fraction of sp³-hybridized carbons (Fsp3) is 0.632. The number of carboxylic acid groups (broad SMARTS) is 1. The molecule has 15 heteroatoms. The van der Waals surface area contributed by atoms with E-state index >= 15 is 0 Å². The summed E-state index contributed by atoms with van der Waals surface area (Å²) in [6, 6.07) is -2.31. The van der Waals surface area contributed by atoms with Crippen molar-refractivity contribution in [3.8, 4) is 0 Å². The van der Waals surface area contributed by atoms with Gasteiger partial charge in [0, 0.05) is 27.4 Å². The lowest BCUT2D eigenvalue weighted by molar-refractivity contribution is -0.185. The molecule has 7 N–H and O–H groups in total. The molecule has 2 aliphatic rings. The van der Waals surface area contributed by atoms with Crippen LogP contribution in [0.15, 0.2) is 16.8 Å². The van der Waals surface area contributed by atoms with Gasteiger partial charge in [0.25, 0.3) is 0 Å². The van der Waals surface area contributed by atoms with Crippen molar-refractivity contribution in [3.05, 3.63) is 11.8 Å². The largest absolute Gasteiger partial charge is 0.478 e. The van der Waals surface area contributed by atoms with E-state index in [2.05, 4.69) is 20.4 Å². The van der Waals surface area contributed by atoms with Gasteiger partial charge >= 0.3 is 18.0 Å². The predicted molar refractivity (Wildman–Crippen MR) is 111 cm³/mol. The number of aliphatic hydroxyl groups is 2. The van der Waals surface area contributed by atoms with Gasteiger partial charge in [-0.25, -0.2) is 14.6 Å². The number of amides is 2. The summed E-state index contributed by atoms with van der Waals surface area (Å²) in [7, 11) is 0. The van der Waals surface area contributed by atoms with Crippen molar-refractivity contribution in [2.24, 2.45) is 10.7 Å². The molecule has 1 unspecified atom stereocenters. The van der Waals surface area contributed by atoms with E-state index in [1.165, 1.54) is 13.8 Å². The number of ether oxygens (including phenoxy) is 4. The maximum absolute atomic E-state index is 11.9. The third-order valence-electron chi connectivity index (χ3n) is 4.79. The molecule has 0 saturated carbocycles. The molecule has 0 aromatic rings. The van der Waals surface area contributed by atoms with E-state index in [1.807, 2.05) is 0 Å². The Kier molecular flexibility index (Phi) is 9.17. The van der Waals surface area contributed by atoms with Gasteiger partial charge in [0.1, 0.15) is 12.2 Å². The van der Waals surface area contributed by atoms with Gasteiger partial charge in [-0.2, -0.15) is 0 Å². The lowest BCUT2D eigenvalue weighted by Crippen LogP contribution is -2.62. The van der Waals surface area contributed by atoms with Gasteiger partial charge in [-0.05, 0) is 12.5 Å². The number of carbonyl (C=O) groups is 4. The third-order valence-corrected chi connectivity index (χ3v) is 4.79. The highest BCUT2D eigenvalue weighted by Gasteiger charge is 2.47. The number of nitrogens with zero attached hydrogens (tertiary/aromatic N) is 1. The summed E-state index contributed by atoms with van der Waals surface area (Å²) < 4.78 is 20.4. The van der Waals surface area contributed by atoms with E-state index in [-0.39, 0.29) is 13.0 Å². The molecule has 0 spiro atoms. The number of aliphatic carboxylic acids is 1. The Hall–Kier alpha value is -3.43. The molecule has 2 aliphatic heterocycles. The minimum atomic E-state index is -1.47. The summed E-state index contributed by atoms with van der Waals surface area (Å²) in [6.07, 6.45) is -6.27. The van der Waals surface area contributed by atoms with E-state index < -0.39 is 78.4 Å². The van der Waals surface area contributed by atoms with Gasteiger partial charge in [0.2, 0.25) is 18.0 Å². The minimum absolute atomic E-state index is 0.0473. The van der Waals surface area contributed by atoms with Crippen LogP contribution in [0.25, 0.3) is 0 Å². The maximum Gasteiger partial charge on any atom is 0.417 e. The zero-order valence-electron chi connectivity index (χ0n) is 18.7. The SMILES string of the molecule is CC(=O)N[C@H]1[C@H]([C@@H]2OCC[C@@H](O)[C@H]2O)OC(C(=O)O)=C[C@@H]1N=C(N)NC(=O)OC(C)OC(C)=O. The van der Waals surface area contributed by atoms with Gasteiger partial charge < -0.3 is 45.3 Å². The summed E-state index contributed by atoms with van der Waals surface area (Å²) in [6.45, 7) is 3.65. The van der Waals surface area contributed by atoms with Crippen LogP contribution < -0.4 is 16.4 Å². The van der Waals surface area contributed by atoms with E-state index in [1.54, 1.807) is 0 Å². The average Bonchev–Trinajstić information content (AvgIpc) is 2.69. The first-order chi connectivity index (χ1) is 15.9. The van der Waals surface area contributed by atoms with E-state index in [9.17, 15) is 34.5 Å². The van der Waals surface area contributed by atoms with Gasteiger partial charge in [-0.15, -0.1) is 0 Å². The smallest absolute Gasteiger partial charge is 0.417 e. The summed E-state index contributed by atoms with van der Waals surface area (Å²) in [5.74, 6) is -3.80. The Morgan fingerprint density at radius 2 is 1.88 bits per heavy atom. The number of carboxylic acids is 1. The Morgan fingerprint density at radius 3 is 2.47 bits per heavy atom. The molecule has 2 heterocycles. The van der Waals surface area contributed by atoms with Crippen LogP contribution >= 0.6 is 0 Å². The molecule has 15 nitrogen and oxygen atoms in total. The van der Waals surface area contributed by atoms with Crippen LogP contribution in [-0.2, 0) is 33.3 Å². The summed E-state index contributed by atoms with van der Waals surface area (Å²) in [5.41, 5.74) is 5.75. The van der Waals surface area contributed by atoms with Crippen LogP contribution in [0, 0.1) is 0 Å².